The third-order valence-electron chi connectivity index (χ3n) is 3.13. The molecule has 1 aliphatic rings. The van der Waals surface area contributed by atoms with Gasteiger partial charge in [0.2, 0.25) is 0 Å². The topological polar surface area (TPSA) is 12.5 Å². The Bertz CT molecular complexity index is 398. The predicted octanol–water partition coefficient (Wildman–Crippen LogP) is 4.20. The second-order valence-corrected chi connectivity index (χ2v) is 4.65. The minimum Gasteiger partial charge on any atom is -0.490 e. The van der Waals surface area contributed by atoms with Crippen molar-refractivity contribution >= 4 is 0 Å². The van der Waals surface area contributed by atoms with E-state index in [0.29, 0.717) is 5.75 Å². The number of likely N-dealkylation sites (tertiary alicyclic amines) is 1. The van der Waals surface area contributed by atoms with Crippen LogP contribution in [0.5, 0.6) is 5.75 Å². The summed E-state index contributed by atoms with van der Waals surface area (Å²) in [5, 5.41) is 0. The standard InChI is InChI=1S/C13H16F3NO.C2H6/c1-17-7-5-11(6-8-17)18-12-4-2-3-10(9-12)13(14,15)16;1-2/h2-4,9,11H,5-8H2,1H3;1-2H3. The molecule has 1 saturated heterocycles. The molecule has 1 aromatic carbocycles. The molecule has 0 atom stereocenters. The van der Waals surface area contributed by atoms with Crippen molar-refractivity contribution in [2.24, 2.45) is 0 Å². The zero-order valence-corrected chi connectivity index (χ0v) is 12.2. The zero-order chi connectivity index (χ0) is 15.2. The minimum absolute atomic E-state index is 0.0182. The Morgan fingerprint density at radius 1 is 1.15 bits per heavy atom. The first-order chi connectivity index (χ1) is 9.45. The lowest BCUT2D eigenvalue weighted by Crippen LogP contribution is -2.35. The summed E-state index contributed by atoms with van der Waals surface area (Å²) >= 11 is 0. The summed E-state index contributed by atoms with van der Waals surface area (Å²) in [6.07, 6.45) is -2.59. The highest BCUT2D eigenvalue weighted by Gasteiger charge is 2.30. The lowest BCUT2D eigenvalue weighted by Gasteiger charge is -2.29. The molecule has 5 heteroatoms. The number of hydrogen-bond acceptors (Lipinski definition) is 2. The highest BCUT2D eigenvalue weighted by Crippen LogP contribution is 2.31. The molecule has 0 unspecified atom stereocenters. The molecule has 0 radical (unpaired) electrons. The summed E-state index contributed by atoms with van der Waals surface area (Å²) in [4.78, 5) is 2.19. The van der Waals surface area contributed by atoms with E-state index in [1.54, 1.807) is 6.07 Å². The smallest absolute Gasteiger partial charge is 0.416 e. The van der Waals surface area contributed by atoms with E-state index in [2.05, 4.69) is 4.90 Å². The molecule has 2 nitrogen and oxygen atoms in total. The molecular formula is C15H22F3NO. The maximum absolute atomic E-state index is 12.5. The van der Waals surface area contributed by atoms with Gasteiger partial charge >= 0.3 is 6.18 Å². The van der Waals surface area contributed by atoms with Gasteiger partial charge in [0.15, 0.2) is 0 Å². The molecule has 114 valence electrons. The monoisotopic (exact) mass is 289 g/mol. The fourth-order valence-corrected chi connectivity index (χ4v) is 2.04. The molecular weight excluding hydrogens is 267 g/mol. The minimum atomic E-state index is -4.31. The van der Waals surface area contributed by atoms with Gasteiger partial charge in [-0.2, -0.15) is 13.2 Å². The van der Waals surface area contributed by atoms with Gasteiger partial charge in [0, 0.05) is 13.1 Å². The Hall–Kier alpha value is -1.23. The second-order valence-electron chi connectivity index (χ2n) is 4.65. The summed E-state index contributed by atoms with van der Waals surface area (Å²) in [6, 6.07) is 5.08. The Kier molecular flexibility index (Phi) is 6.33. The quantitative estimate of drug-likeness (QED) is 0.809. The van der Waals surface area contributed by atoms with Gasteiger partial charge in [0.25, 0.3) is 0 Å². The van der Waals surface area contributed by atoms with Crippen LogP contribution in [0, 0.1) is 0 Å². The highest BCUT2D eigenvalue weighted by atomic mass is 19.4. The number of alkyl halides is 3. The van der Waals surface area contributed by atoms with Gasteiger partial charge in [0.05, 0.1) is 5.56 Å². The van der Waals surface area contributed by atoms with Crippen LogP contribution in [0.15, 0.2) is 24.3 Å². The SMILES string of the molecule is CC.CN1CCC(Oc2cccc(C(F)(F)F)c2)CC1. The van der Waals surface area contributed by atoms with Crippen LogP contribution < -0.4 is 4.74 Å². The van der Waals surface area contributed by atoms with E-state index in [1.165, 1.54) is 6.07 Å². The van der Waals surface area contributed by atoms with Gasteiger partial charge in [0.1, 0.15) is 11.9 Å². The van der Waals surface area contributed by atoms with Crippen molar-refractivity contribution < 1.29 is 17.9 Å². The summed E-state index contributed by atoms with van der Waals surface area (Å²) in [7, 11) is 2.03. The average molecular weight is 289 g/mol. The van der Waals surface area contributed by atoms with Crippen molar-refractivity contribution in [1.82, 2.24) is 4.90 Å². The Balaban J connectivity index is 0.000000956. The van der Waals surface area contributed by atoms with Crippen LogP contribution in [0.2, 0.25) is 0 Å². The Morgan fingerprint density at radius 3 is 2.30 bits per heavy atom. The van der Waals surface area contributed by atoms with E-state index in [0.717, 1.165) is 38.1 Å². The summed E-state index contributed by atoms with van der Waals surface area (Å²) in [5.41, 5.74) is -0.659. The van der Waals surface area contributed by atoms with Gasteiger partial charge < -0.3 is 9.64 Å². The van der Waals surface area contributed by atoms with E-state index in [-0.39, 0.29) is 6.10 Å². The molecule has 1 aromatic rings. The van der Waals surface area contributed by atoms with Crippen molar-refractivity contribution in [3.63, 3.8) is 0 Å². The number of ether oxygens (including phenoxy) is 1. The van der Waals surface area contributed by atoms with Crippen LogP contribution in [0.25, 0.3) is 0 Å². The molecule has 0 N–H and O–H groups in total. The number of rotatable bonds is 2. The largest absolute Gasteiger partial charge is 0.490 e. The molecule has 1 fully saturated rings. The third kappa shape index (κ3) is 5.04. The molecule has 0 aromatic heterocycles. The normalized spacial score (nSPS) is 17.3. The maximum Gasteiger partial charge on any atom is 0.416 e. The molecule has 2 rings (SSSR count). The molecule has 0 aliphatic carbocycles. The van der Waals surface area contributed by atoms with Crippen LogP contribution in [0.4, 0.5) is 13.2 Å². The van der Waals surface area contributed by atoms with Crippen molar-refractivity contribution in [2.75, 3.05) is 20.1 Å². The summed E-state index contributed by atoms with van der Waals surface area (Å²) in [6.45, 7) is 5.84. The molecule has 0 spiro atoms. The second kappa shape index (κ2) is 7.53. The summed E-state index contributed by atoms with van der Waals surface area (Å²) in [5.74, 6) is 0.305. The van der Waals surface area contributed by atoms with E-state index >= 15 is 0 Å². The fourth-order valence-electron chi connectivity index (χ4n) is 2.04. The van der Waals surface area contributed by atoms with Crippen LogP contribution in [0.3, 0.4) is 0 Å². The van der Waals surface area contributed by atoms with E-state index in [4.69, 9.17) is 4.74 Å². The van der Waals surface area contributed by atoms with E-state index in [9.17, 15) is 13.2 Å². The van der Waals surface area contributed by atoms with E-state index in [1.807, 2.05) is 20.9 Å². The number of benzene rings is 1. The number of halogens is 3. The molecule has 0 bridgehead atoms. The van der Waals surface area contributed by atoms with Crippen LogP contribution in [-0.2, 0) is 6.18 Å². The van der Waals surface area contributed by atoms with Crippen LogP contribution in [-0.4, -0.2) is 31.1 Å². The van der Waals surface area contributed by atoms with Crippen molar-refractivity contribution in [1.29, 1.82) is 0 Å². The van der Waals surface area contributed by atoms with Crippen LogP contribution in [0.1, 0.15) is 32.3 Å². The van der Waals surface area contributed by atoms with Gasteiger partial charge in [-0.05, 0) is 38.1 Å². The first-order valence-corrected chi connectivity index (χ1v) is 6.97. The van der Waals surface area contributed by atoms with Gasteiger partial charge in [-0.1, -0.05) is 19.9 Å². The van der Waals surface area contributed by atoms with Crippen LogP contribution >= 0.6 is 0 Å². The third-order valence-corrected chi connectivity index (χ3v) is 3.13. The predicted molar refractivity (Wildman–Crippen MR) is 73.9 cm³/mol. The molecule has 20 heavy (non-hydrogen) atoms. The summed E-state index contributed by atoms with van der Waals surface area (Å²) < 4.78 is 43.2. The first-order valence-electron chi connectivity index (χ1n) is 6.97. The van der Waals surface area contributed by atoms with Crippen molar-refractivity contribution in [2.45, 2.75) is 39.0 Å². The number of hydrogen-bond donors (Lipinski definition) is 0. The zero-order valence-electron chi connectivity index (χ0n) is 12.2. The van der Waals surface area contributed by atoms with Crippen molar-refractivity contribution in [3.05, 3.63) is 29.8 Å². The average Bonchev–Trinajstić information content (AvgIpc) is 2.43. The Labute approximate surface area is 118 Å². The molecule has 1 aliphatic heterocycles. The van der Waals surface area contributed by atoms with Gasteiger partial charge in [-0.15, -0.1) is 0 Å². The Morgan fingerprint density at radius 2 is 1.75 bits per heavy atom. The van der Waals surface area contributed by atoms with E-state index < -0.39 is 11.7 Å². The maximum atomic E-state index is 12.5. The molecule has 1 heterocycles. The number of piperidine rings is 1. The van der Waals surface area contributed by atoms with Gasteiger partial charge in [-0.3, -0.25) is 0 Å². The highest BCUT2D eigenvalue weighted by molar-refractivity contribution is 5.30. The number of nitrogens with zero attached hydrogens (tertiary/aromatic N) is 1. The van der Waals surface area contributed by atoms with Crippen molar-refractivity contribution in [3.8, 4) is 5.75 Å². The molecule has 0 saturated carbocycles. The first kappa shape index (κ1) is 16.8. The fraction of sp³-hybridized carbons (Fsp3) is 0.600. The molecule has 0 amide bonds. The lowest BCUT2D eigenvalue weighted by atomic mass is 10.1. The lowest BCUT2D eigenvalue weighted by molar-refractivity contribution is -0.137. The van der Waals surface area contributed by atoms with Gasteiger partial charge in [-0.25, -0.2) is 0 Å².